The third-order valence-corrected chi connectivity index (χ3v) is 4.36. The molecule has 0 spiro atoms. The van der Waals surface area contributed by atoms with Crippen molar-refractivity contribution < 1.29 is 14.6 Å². The molecule has 1 amide bonds. The van der Waals surface area contributed by atoms with E-state index in [1.807, 2.05) is 17.0 Å². The van der Waals surface area contributed by atoms with Crippen molar-refractivity contribution in [3.05, 3.63) is 29.3 Å². The summed E-state index contributed by atoms with van der Waals surface area (Å²) in [5.41, 5.74) is 2.28. The van der Waals surface area contributed by atoms with Gasteiger partial charge in [0.1, 0.15) is 5.75 Å². The molecular formula is C17H24N2O3. The highest BCUT2D eigenvalue weighted by molar-refractivity contribution is 5.79. The summed E-state index contributed by atoms with van der Waals surface area (Å²) in [6, 6.07) is 6.07. The molecule has 3 rings (SSSR count). The molecule has 2 heterocycles. The lowest BCUT2D eigenvalue weighted by Gasteiger charge is -2.35. The normalized spacial score (nSPS) is 19.6. The SMILES string of the molecule is C[C@H](O)CN1CCN(C(=O)Cc2ccc3c(c2)CCO3)CC1. The van der Waals surface area contributed by atoms with Gasteiger partial charge in [-0.15, -0.1) is 0 Å². The van der Waals surface area contributed by atoms with E-state index in [1.165, 1.54) is 5.56 Å². The number of carbonyl (C=O) groups excluding carboxylic acids is 1. The van der Waals surface area contributed by atoms with Gasteiger partial charge in [0.15, 0.2) is 0 Å². The standard InChI is InChI=1S/C17H24N2O3/c1-13(20)12-18-5-7-19(8-6-18)17(21)11-14-2-3-16-15(10-14)4-9-22-16/h2-3,10,13,20H,4-9,11-12H2,1H3/t13-/m0/s1. The predicted octanol–water partition coefficient (Wildman–Crippen LogP) is 0.689. The highest BCUT2D eigenvalue weighted by atomic mass is 16.5. The summed E-state index contributed by atoms with van der Waals surface area (Å²) >= 11 is 0. The predicted molar refractivity (Wildman–Crippen MR) is 84.0 cm³/mol. The minimum atomic E-state index is -0.309. The number of nitrogens with zero attached hydrogens (tertiary/aromatic N) is 2. The molecule has 0 saturated carbocycles. The fourth-order valence-corrected chi connectivity index (χ4v) is 3.19. The van der Waals surface area contributed by atoms with E-state index in [1.54, 1.807) is 6.92 Å². The molecule has 0 aliphatic carbocycles. The van der Waals surface area contributed by atoms with Crippen molar-refractivity contribution >= 4 is 5.91 Å². The molecule has 1 aromatic rings. The van der Waals surface area contributed by atoms with Gasteiger partial charge in [0.2, 0.25) is 5.91 Å². The maximum atomic E-state index is 12.4. The van der Waals surface area contributed by atoms with E-state index < -0.39 is 0 Å². The van der Waals surface area contributed by atoms with Crippen molar-refractivity contribution in [1.82, 2.24) is 9.80 Å². The van der Waals surface area contributed by atoms with E-state index in [2.05, 4.69) is 11.0 Å². The van der Waals surface area contributed by atoms with Crippen LogP contribution in [0.1, 0.15) is 18.1 Å². The van der Waals surface area contributed by atoms with Gasteiger partial charge < -0.3 is 14.7 Å². The molecule has 0 unspecified atom stereocenters. The molecule has 22 heavy (non-hydrogen) atoms. The monoisotopic (exact) mass is 304 g/mol. The summed E-state index contributed by atoms with van der Waals surface area (Å²) in [6.45, 7) is 6.42. The average Bonchev–Trinajstić information content (AvgIpc) is 2.95. The van der Waals surface area contributed by atoms with Gasteiger partial charge in [0, 0.05) is 39.1 Å². The van der Waals surface area contributed by atoms with Gasteiger partial charge in [-0.25, -0.2) is 0 Å². The summed E-state index contributed by atoms with van der Waals surface area (Å²) in [5.74, 6) is 1.15. The largest absolute Gasteiger partial charge is 0.493 e. The first-order valence-corrected chi connectivity index (χ1v) is 8.04. The quantitative estimate of drug-likeness (QED) is 0.889. The Kier molecular flexibility index (Phi) is 4.64. The van der Waals surface area contributed by atoms with Crippen molar-refractivity contribution in [3.8, 4) is 5.75 Å². The number of hydrogen-bond acceptors (Lipinski definition) is 4. The van der Waals surface area contributed by atoms with Crippen molar-refractivity contribution in [2.75, 3.05) is 39.3 Å². The van der Waals surface area contributed by atoms with Crippen LogP contribution in [-0.2, 0) is 17.6 Å². The van der Waals surface area contributed by atoms with Crippen molar-refractivity contribution in [3.63, 3.8) is 0 Å². The van der Waals surface area contributed by atoms with Crippen LogP contribution in [-0.4, -0.2) is 66.2 Å². The molecular weight excluding hydrogens is 280 g/mol. The maximum absolute atomic E-state index is 12.4. The fraction of sp³-hybridized carbons (Fsp3) is 0.588. The van der Waals surface area contributed by atoms with Crippen LogP contribution < -0.4 is 4.74 Å². The van der Waals surface area contributed by atoms with Crippen LogP contribution in [0.4, 0.5) is 0 Å². The Morgan fingerprint density at radius 2 is 2.09 bits per heavy atom. The van der Waals surface area contributed by atoms with Gasteiger partial charge in [-0.1, -0.05) is 12.1 Å². The Hall–Kier alpha value is -1.59. The zero-order valence-electron chi connectivity index (χ0n) is 13.1. The van der Waals surface area contributed by atoms with Gasteiger partial charge in [-0.05, 0) is 24.1 Å². The summed E-state index contributed by atoms with van der Waals surface area (Å²) in [5, 5.41) is 9.42. The Bertz CT molecular complexity index is 537. The zero-order chi connectivity index (χ0) is 15.5. The summed E-state index contributed by atoms with van der Waals surface area (Å²) in [4.78, 5) is 16.6. The molecule has 1 N–H and O–H groups in total. The van der Waals surface area contributed by atoms with Crippen LogP contribution in [0, 0.1) is 0 Å². The molecule has 2 aliphatic heterocycles. The van der Waals surface area contributed by atoms with Crippen LogP contribution in [0.5, 0.6) is 5.75 Å². The number of ether oxygens (including phenoxy) is 1. The highest BCUT2D eigenvalue weighted by Gasteiger charge is 2.22. The summed E-state index contributed by atoms with van der Waals surface area (Å²) < 4.78 is 5.50. The molecule has 1 atom stereocenters. The van der Waals surface area contributed by atoms with Crippen LogP contribution in [0.25, 0.3) is 0 Å². The molecule has 0 bridgehead atoms. The van der Waals surface area contributed by atoms with E-state index >= 15 is 0 Å². The van der Waals surface area contributed by atoms with Gasteiger partial charge in [0.25, 0.3) is 0 Å². The van der Waals surface area contributed by atoms with Gasteiger partial charge in [0.05, 0.1) is 19.1 Å². The molecule has 5 nitrogen and oxygen atoms in total. The van der Waals surface area contributed by atoms with E-state index in [0.29, 0.717) is 13.0 Å². The van der Waals surface area contributed by atoms with E-state index in [0.717, 1.165) is 50.5 Å². The van der Waals surface area contributed by atoms with Crippen LogP contribution in [0.2, 0.25) is 0 Å². The smallest absolute Gasteiger partial charge is 0.227 e. The number of benzene rings is 1. The number of hydrogen-bond donors (Lipinski definition) is 1. The van der Waals surface area contributed by atoms with Crippen LogP contribution in [0.15, 0.2) is 18.2 Å². The Balaban J connectivity index is 1.52. The van der Waals surface area contributed by atoms with Crippen molar-refractivity contribution in [1.29, 1.82) is 0 Å². The number of aliphatic hydroxyl groups excluding tert-OH is 1. The number of aliphatic hydroxyl groups is 1. The lowest BCUT2D eigenvalue weighted by molar-refractivity contribution is -0.132. The van der Waals surface area contributed by atoms with Gasteiger partial charge >= 0.3 is 0 Å². The Morgan fingerprint density at radius 1 is 1.32 bits per heavy atom. The first-order chi connectivity index (χ1) is 10.6. The van der Waals surface area contributed by atoms with E-state index in [4.69, 9.17) is 4.74 Å². The number of fused-ring (bicyclic) bond motifs is 1. The summed E-state index contributed by atoms with van der Waals surface area (Å²) in [7, 11) is 0. The van der Waals surface area contributed by atoms with E-state index in [-0.39, 0.29) is 12.0 Å². The third-order valence-electron chi connectivity index (χ3n) is 4.36. The fourth-order valence-electron chi connectivity index (χ4n) is 3.19. The van der Waals surface area contributed by atoms with Gasteiger partial charge in [-0.3, -0.25) is 9.69 Å². The average molecular weight is 304 g/mol. The molecule has 5 heteroatoms. The molecule has 0 aromatic heterocycles. The first kappa shape index (κ1) is 15.3. The molecule has 1 fully saturated rings. The minimum Gasteiger partial charge on any atom is -0.493 e. The molecule has 0 radical (unpaired) electrons. The number of carbonyl (C=O) groups is 1. The second kappa shape index (κ2) is 6.67. The number of β-amino-alcohol motifs (C(OH)–C–C–N with tert-alkyl or cyclic N) is 1. The Labute approximate surface area is 131 Å². The topological polar surface area (TPSA) is 53.0 Å². The zero-order valence-corrected chi connectivity index (χ0v) is 13.1. The number of rotatable bonds is 4. The Morgan fingerprint density at radius 3 is 2.82 bits per heavy atom. The van der Waals surface area contributed by atoms with Crippen LogP contribution in [0.3, 0.4) is 0 Å². The highest BCUT2D eigenvalue weighted by Crippen LogP contribution is 2.26. The lowest BCUT2D eigenvalue weighted by atomic mass is 10.1. The third kappa shape index (κ3) is 3.59. The van der Waals surface area contributed by atoms with E-state index in [9.17, 15) is 9.90 Å². The van der Waals surface area contributed by atoms with Crippen molar-refractivity contribution in [2.24, 2.45) is 0 Å². The maximum Gasteiger partial charge on any atom is 0.227 e. The summed E-state index contributed by atoms with van der Waals surface area (Å²) in [6.07, 6.45) is 1.09. The lowest BCUT2D eigenvalue weighted by Crippen LogP contribution is -2.50. The minimum absolute atomic E-state index is 0.190. The van der Waals surface area contributed by atoms with Crippen LogP contribution >= 0.6 is 0 Å². The molecule has 1 saturated heterocycles. The van der Waals surface area contributed by atoms with Crippen molar-refractivity contribution in [2.45, 2.75) is 25.9 Å². The second-order valence-corrected chi connectivity index (χ2v) is 6.25. The second-order valence-electron chi connectivity index (χ2n) is 6.25. The molecule has 1 aromatic carbocycles. The molecule has 120 valence electrons. The molecule has 2 aliphatic rings. The number of amides is 1. The first-order valence-electron chi connectivity index (χ1n) is 8.04. The number of piperazine rings is 1. The van der Waals surface area contributed by atoms with Gasteiger partial charge in [-0.2, -0.15) is 0 Å².